The third-order valence-corrected chi connectivity index (χ3v) is 5.32. The topological polar surface area (TPSA) is 66.7 Å². The normalized spacial score (nSPS) is 18.7. The number of amides is 3. The lowest BCUT2D eigenvalue weighted by atomic mass is 9.89. The van der Waals surface area contributed by atoms with Crippen LogP contribution in [-0.4, -0.2) is 29.0 Å². The van der Waals surface area contributed by atoms with Gasteiger partial charge in [0.25, 0.3) is 0 Å². The summed E-state index contributed by atoms with van der Waals surface area (Å²) in [4.78, 5) is 27.5. The number of halogens is 2. The van der Waals surface area contributed by atoms with E-state index in [1.54, 1.807) is 31.2 Å². The van der Waals surface area contributed by atoms with Gasteiger partial charge in [-0.1, -0.05) is 35.2 Å². The van der Waals surface area contributed by atoms with Crippen LogP contribution in [0, 0.1) is 23.5 Å². The fourth-order valence-corrected chi connectivity index (χ4v) is 3.45. The molecule has 0 N–H and O–H groups in total. The van der Waals surface area contributed by atoms with Crippen LogP contribution in [0.15, 0.2) is 59.3 Å². The molecule has 0 spiro atoms. The summed E-state index contributed by atoms with van der Waals surface area (Å²) in [5, 5.41) is 3.82. The molecule has 31 heavy (non-hydrogen) atoms. The van der Waals surface area contributed by atoms with E-state index in [4.69, 9.17) is 4.52 Å². The van der Waals surface area contributed by atoms with Gasteiger partial charge in [-0.2, -0.15) is 0 Å². The number of carbonyl (C=O) groups excluding carboxylic acids is 2. The number of urea groups is 1. The molecular formula is C23H17F2N3O3. The van der Waals surface area contributed by atoms with E-state index in [1.807, 2.05) is 6.07 Å². The molecule has 2 aromatic carbocycles. The summed E-state index contributed by atoms with van der Waals surface area (Å²) in [6.45, 7) is 1.63. The number of rotatable bonds is 2. The molecule has 3 amide bonds. The van der Waals surface area contributed by atoms with Gasteiger partial charge in [-0.05, 0) is 31.2 Å². The third-order valence-electron chi connectivity index (χ3n) is 5.32. The molecule has 0 aliphatic carbocycles. The Kier molecular flexibility index (Phi) is 5.03. The average Bonchev–Trinajstić information content (AvgIpc) is 3.29. The minimum Gasteiger partial charge on any atom is -0.364 e. The van der Waals surface area contributed by atoms with Gasteiger partial charge in [0.15, 0.2) is 11.6 Å². The molecule has 4 rings (SSSR count). The lowest BCUT2D eigenvalue weighted by Crippen LogP contribution is -2.60. The summed E-state index contributed by atoms with van der Waals surface area (Å²) in [6.07, 6.45) is 1.10. The van der Waals surface area contributed by atoms with Crippen LogP contribution in [0.5, 0.6) is 0 Å². The Morgan fingerprint density at radius 1 is 1.03 bits per heavy atom. The number of hydrogen-bond donors (Lipinski definition) is 0. The Labute approximate surface area is 177 Å². The highest BCUT2D eigenvalue weighted by Crippen LogP contribution is 2.38. The van der Waals surface area contributed by atoms with Crippen LogP contribution in [0.2, 0.25) is 0 Å². The van der Waals surface area contributed by atoms with Crippen LogP contribution in [0.25, 0.3) is 0 Å². The van der Waals surface area contributed by atoms with Gasteiger partial charge in [0.05, 0.1) is 12.0 Å². The maximum Gasteiger partial charge on any atom is 0.332 e. The highest BCUT2D eigenvalue weighted by atomic mass is 19.1. The summed E-state index contributed by atoms with van der Waals surface area (Å²) in [5.41, 5.74) is -0.702. The van der Waals surface area contributed by atoms with Crippen LogP contribution >= 0.6 is 0 Å². The minimum absolute atomic E-state index is 0.0836. The predicted molar refractivity (Wildman–Crippen MR) is 108 cm³/mol. The van der Waals surface area contributed by atoms with Crippen molar-refractivity contribution in [3.8, 4) is 11.8 Å². The smallest absolute Gasteiger partial charge is 0.332 e. The van der Waals surface area contributed by atoms with Crippen LogP contribution < -0.4 is 4.90 Å². The van der Waals surface area contributed by atoms with Crippen molar-refractivity contribution >= 4 is 17.6 Å². The van der Waals surface area contributed by atoms with Crippen LogP contribution in [0.4, 0.5) is 19.3 Å². The number of benzene rings is 2. The zero-order valence-electron chi connectivity index (χ0n) is 16.7. The maximum absolute atomic E-state index is 14.9. The second-order valence-corrected chi connectivity index (χ2v) is 7.31. The Morgan fingerprint density at radius 2 is 1.68 bits per heavy atom. The number of anilines is 1. The van der Waals surface area contributed by atoms with E-state index in [0.717, 1.165) is 12.1 Å². The van der Waals surface area contributed by atoms with Gasteiger partial charge in [0.1, 0.15) is 17.6 Å². The molecule has 1 aromatic heterocycles. The molecule has 0 unspecified atom stereocenters. The highest BCUT2D eigenvalue weighted by molar-refractivity contribution is 6.16. The van der Waals surface area contributed by atoms with Gasteiger partial charge in [0.2, 0.25) is 5.91 Å². The largest absolute Gasteiger partial charge is 0.364 e. The van der Waals surface area contributed by atoms with Gasteiger partial charge in [-0.15, -0.1) is 0 Å². The van der Waals surface area contributed by atoms with Gasteiger partial charge >= 0.3 is 6.03 Å². The fourth-order valence-electron chi connectivity index (χ4n) is 3.45. The molecule has 2 heterocycles. The van der Waals surface area contributed by atoms with E-state index >= 15 is 0 Å². The summed E-state index contributed by atoms with van der Waals surface area (Å²) in [7, 11) is 1.44. The molecule has 1 atom stereocenters. The van der Waals surface area contributed by atoms with Crippen LogP contribution in [0.1, 0.15) is 30.2 Å². The maximum atomic E-state index is 14.9. The first-order valence-electron chi connectivity index (χ1n) is 9.39. The second-order valence-electron chi connectivity index (χ2n) is 7.31. The van der Waals surface area contributed by atoms with Crippen molar-refractivity contribution < 1.29 is 22.9 Å². The first kappa shape index (κ1) is 20.3. The fraction of sp³-hybridized carbons (Fsp3) is 0.174. The Balaban J connectivity index is 1.68. The molecule has 1 fully saturated rings. The molecule has 0 saturated carbocycles. The van der Waals surface area contributed by atoms with Crippen molar-refractivity contribution in [2.24, 2.45) is 0 Å². The van der Waals surface area contributed by atoms with E-state index in [0.29, 0.717) is 16.2 Å². The van der Waals surface area contributed by atoms with E-state index in [-0.39, 0.29) is 12.0 Å². The van der Waals surface area contributed by atoms with E-state index in [2.05, 4.69) is 17.0 Å². The number of imide groups is 1. The van der Waals surface area contributed by atoms with Crippen LogP contribution in [-0.2, 0) is 10.3 Å². The molecule has 0 bridgehead atoms. The lowest BCUT2D eigenvalue weighted by molar-refractivity contribution is -0.122. The third kappa shape index (κ3) is 3.55. The number of aromatic nitrogens is 1. The van der Waals surface area contributed by atoms with Crippen molar-refractivity contribution in [3.63, 3.8) is 0 Å². The number of nitrogens with zero attached hydrogens (tertiary/aromatic N) is 3. The summed E-state index contributed by atoms with van der Waals surface area (Å²) < 4.78 is 34.5. The van der Waals surface area contributed by atoms with E-state index in [9.17, 15) is 18.4 Å². The molecule has 0 radical (unpaired) electrons. The standard InChI is InChI=1S/C23H17F2N3O3/c1-23(19-10-11-31-26-19)14-20(29)28(22(30)27(23)2)21-17(24)12-16(13-18(21)25)9-8-15-6-4-3-5-7-15/h3-7,10-13H,14H2,1-2H3/t23-/m0/s1. The predicted octanol–water partition coefficient (Wildman–Crippen LogP) is 4.06. The molecule has 8 heteroatoms. The van der Waals surface area contributed by atoms with Crippen molar-refractivity contribution in [1.82, 2.24) is 10.1 Å². The van der Waals surface area contributed by atoms with Gasteiger partial charge < -0.3 is 9.42 Å². The molecule has 1 aliphatic rings. The molecule has 1 aliphatic heterocycles. The number of carbonyl (C=O) groups is 2. The monoisotopic (exact) mass is 421 g/mol. The first-order chi connectivity index (χ1) is 14.8. The Morgan fingerprint density at radius 3 is 2.29 bits per heavy atom. The Hall–Kier alpha value is -3.99. The van der Waals surface area contributed by atoms with Crippen molar-refractivity contribution in [2.75, 3.05) is 11.9 Å². The van der Waals surface area contributed by atoms with E-state index < -0.39 is 34.8 Å². The van der Waals surface area contributed by atoms with Crippen molar-refractivity contribution in [1.29, 1.82) is 0 Å². The molecule has 1 saturated heterocycles. The highest BCUT2D eigenvalue weighted by Gasteiger charge is 2.49. The number of hydrogen-bond acceptors (Lipinski definition) is 4. The average molecular weight is 421 g/mol. The molecule has 156 valence electrons. The van der Waals surface area contributed by atoms with Gasteiger partial charge in [0, 0.05) is 24.2 Å². The SMILES string of the molecule is CN1C(=O)N(c2c(F)cc(C#Cc3ccccc3)cc2F)C(=O)C[C@@]1(C)c1ccon1. The zero-order valence-corrected chi connectivity index (χ0v) is 16.7. The quantitative estimate of drug-likeness (QED) is 0.586. The van der Waals surface area contributed by atoms with Gasteiger partial charge in [-0.3, -0.25) is 4.79 Å². The minimum atomic E-state index is -1.11. The van der Waals surface area contributed by atoms with Crippen molar-refractivity contribution in [3.05, 3.63) is 83.2 Å². The zero-order chi connectivity index (χ0) is 22.2. The lowest BCUT2D eigenvalue weighted by Gasteiger charge is -2.44. The summed E-state index contributed by atoms with van der Waals surface area (Å²) in [5.74, 6) is 2.63. The Bertz CT molecular complexity index is 1190. The summed E-state index contributed by atoms with van der Waals surface area (Å²) >= 11 is 0. The van der Waals surface area contributed by atoms with Gasteiger partial charge in [-0.25, -0.2) is 18.5 Å². The van der Waals surface area contributed by atoms with Crippen LogP contribution in [0.3, 0.4) is 0 Å². The first-order valence-corrected chi connectivity index (χ1v) is 9.39. The molecular weight excluding hydrogens is 404 g/mol. The van der Waals surface area contributed by atoms with Crippen molar-refractivity contribution in [2.45, 2.75) is 18.9 Å². The molecule has 6 nitrogen and oxygen atoms in total. The second kappa shape index (κ2) is 7.69. The molecule has 3 aromatic rings. The summed E-state index contributed by atoms with van der Waals surface area (Å²) in [6, 6.07) is 11.6. The van der Waals surface area contributed by atoms with E-state index in [1.165, 1.54) is 24.3 Å².